The van der Waals surface area contributed by atoms with Gasteiger partial charge in [0.15, 0.2) is 0 Å². The van der Waals surface area contributed by atoms with Crippen LogP contribution in [0.2, 0.25) is 0 Å². The summed E-state index contributed by atoms with van der Waals surface area (Å²) in [5, 5.41) is 3.70. The second-order valence-corrected chi connectivity index (χ2v) is 6.20. The lowest BCUT2D eigenvalue weighted by atomic mass is 9.79. The fourth-order valence-corrected chi connectivity index (χ4v) is 2.83. The molecule has 1 fully saturated rings. The first-order valence-corrected chi connectivity index (χ1v) is 7.52. The summed E-state index contributed by atoms with van der Waals surface area (Å²) in [7, 11) is 1.76. The van der Waals surface area contributed by atoms with Crippen LogP contribution in [0.4, 0.5) is 0 Å². The van der Waals surface area contributed by atoms with Gasteiger partial charge in [0.25, 0.3) is 0 Å². The normalized spacial score (nSPS) is 18.1. The molecule has 1 aliphatic rings. The second-order valence-electron chi connectivity index (χ2n) is 6.20. The first kappa shape index (κ1) is 14.4. The van der Waals surface area contributed by atoms with Crippen LogP contribution in [0, 0.1) is 5.41 Å². The zero-order chi connectivity index (χ0) is 13.7. The molecule has 1 aromatic carbocycles. The van der Waals surface area contributed by atoms with E-state index >= 15 is 0 Å². The van der Waals surface area contributed by atoms with Gasteiger partial charge in [-0.15, -0.1) is 0 Å². The average Bonchev–Trinajstić information content (AvgIpc) is 3.21. The Morgan fingerprint density at radius 1 is 1.32 bits per heavy atom. The zero-order valence-electron chi connectivity index (χ0n) is 12.5. The highest BCUT2D eigenvalue weighted by molar-refractivity contribution is 5.34. The van der Waals surface area contributed by atoms with Crippen molar-refractivity contribution in [3.05, 3.63) is 29.8 Å². The van der Waals surface area contributed by atoms with Gasteiger partial charge in [0, 0.05) is 12.6 Å². The molecule has 0 aliphatic heterocycles. The summed E-state index contributed by atoms with van der Waals surface area (Å²) in [5.41, 5.74) is 1.66. The molecule has 1 unspecified atom stereocenters. The summed E-state index contributed by atoms with van der Waals surface area (Å²) < 4.78 is 5.49. The van der Waals surface area contributed by atoms with Gasteiger partial charge in [-0.1, -0.05) is 38.5 Å². The predicted molar refractivity (Wildman–Crippen MR) is 80.7 cm³/mol. The van der Waals surface area contributed by atoms with Crippen molar-refractivity contribution in [3.63, 3.8) is 0 Å². The summed E-state index contributed by atoms with van der Waals surface area (Å²) in [6.45, 7) is 5.79. The van der Waals surface area contributed by atoms with Crippen molar-refractivity contribution in [3.8, 4) is 5.75 Å². The highest BCUT2D eigenvalue weighted by atomic mass is 16.5. The summed E-state index contributed by atoms with van der Waals surface area (Å²) in [6.07, 6.45) is 6.29. The van der Waals surface area contributed by atoms with Crippen molar-refractivity contribution in [2.45, 2.75) is 52.0 Å². The van der Waals surface area contributed by atoms with Crippen LogP contribution in [0.1, 0.15) is 45.1 Å². The molecule has 0 aromatic heterocycles. The van der Waals surface area contributed by atoms with Gasteiger partial charge in [-0.3, -0.25) is 0 Å². The van der Waals surface area contributed by atoms with E-state index in [1.807, 2.05) is 6.07 Å². The predicted octanol–water partition coefficient (Wildman–Crippen LogP) is 3.80. The van der Waals surface area contributed by atoms with E-state index in [1.165, 1.54) is 31.2 Å². The number of rotatable bonds is 8. The lowest BCUT2D eigenvalue weighted by Crippen LogP contribution is -2.35. The molecule has 0 bridgehead atoms. The summed E-state index contributed by atoms with van der Waals surface area (Å²) in [5.74, 6) is 1.02. The molecule has 106 valence electrons. The highest BCUT2D eigenvalue weighted by Crippen LogP contribution is 2.32. The standard InChI is InChI=1S/C17H27NO/c1-4-11-17(2,13-18-15-9-10-15)12-14-7-5-6-8-16(14)19-3/h5-8,15,18H,4,9-13H2,1-3H3. The van der Waals surface area contributed by atoms with Crippen LogP contribution in [-0.4, -0.2) is 19.7 Å². The van der Waals surface area contributed by atoms with E-state index in [2.05, 4.69) is 37.4 Å². The molecule has 0 saturated heterocycles. The quantitative estimate of drug-likeness (QED) is 0.768. The van der Waals surface area contributed by atoms with Crippen molar-refractivity contribution in [1.29, 1.82) is 0 Å². The van der Waals surface area contributed by atoms with Crippen LogP contribution < -0.4 is 10.1 Å². The van der Waals surface area contributed by atoms with Gasteiger partial charge in [-0.05, 0) is 42.7 Å². The molecular weight excluding hydrogens is 234 g/mol. The third-order valence-corrected chi connectivity index (χ3v) is 4.06. The Labute approximate surface area is 117 Å². The summed E-state index contributed by atoms with van der Waals surface area (Å²) in [6, 6.07) is 9.20. The molecule has 0 radical (unpaired) electrons. The monoisotopic (exact) mass is 261 g/mol. The van der Waals surface area contributed by atoms with Crippen molar-refractivity contribution < 1.29 is 4.74 Å². The molecule has 0 heterocycles. The Balaban J connectivity index is 2.04. The van der Waals surface area contributed by atoms with E-state index in [0.29, 0.717) is 5.41 Å². The van der Waals surface area contributed by atoms with Crippen LogP contribution in [0.15, 0.2) is 24.3 Å². The maximum atomic E-state index is 5.49. The maximum Gasteiger partial charge on any atom is 0.122 e. The number of para-hydroxylation sites is 1. The van der Waals surface area contributed by atoms with Crippen LogP contribution in [0.3, 0.4) is 0 Å². The Morgan fingerprint density at radius 3 is 2.68 bits per heavy atom. The molecule has 19 heavy (non-hydrogen) atoms. The molecule has 2 nitrogen and oxygen atoms in total. The lowest BCUT2D eigenvalue weighted by Gasteiger charge is -2.30. The molecule has 1 aromatic rings. The second kappa shape index (κ2) is 6.42. The Hall–Kier alpha value is -1.02. The van der Waals surface area contributed by atoms with Crippen molar-refractivity contribution in [2.75, 3.05) is 13.7 Å². The lowest BCUT2D eigenvalue weighted by molar-refractivity contribution is 0.270. The Morgan fingerprint density at radius 2 is 2.05 bits per heavy atom. The first-order valence-electron chi connectivity index (χ1n) is 7.52. The molecule has 2 heteroatoms. The topological polar surface area (TPSA) is 21.3 Å². The minimum Gasteiger partial charge on any atom is -0.496 e. The summed E-state index contributed by atoms with van der Waals surface area (Å²) in [4.78, 5) is 0. The van der Waals surface area contributed by atoms with Gasteiger partial charge in [0.2, 0.25) is 0 Å². The fraction of sp³-hybridized carbons (Fsp3) is 0.647. The number of ether oxygens (including phenoxy) is 1. The Bertz CT molecular complexity index is 400. The zero-order valence-corrected chi connectivity index (χ0v) is 12.5. The van der Waals surface area contributed by atoms with E-state index in [1.54, 1.807) is 7.11 Å². The molecule has 2 rings (SSSR count). The number of hydrogen-bond acceptors (Lipinski definition) is 2. The minimum absolute atomic E-state index is 0.325. The molecular formula is C17H27NO. The smallest absolute Gasteiger partial charge is 0.122 e. The van der Waals surface area contributed by atoms with Crippen LogP contribution in [0.5, 0.6) is 5.75 Å². The van der Waals surface area contributed by atoms with Crippen molar-refractivity contribution >= 4 is 0 Å². The number of hydrogen-bond donors (Lipinski definition) is 1. The van der Waals surface area contributed by atoms with Gasteiger partial charge in [-0.2, -0.15) is 0 Å². The van der Waals surface area contributed by atoms with Crippen LogP contribution in [-0.2, 0) is 6.42 Å². The van der Waals surface area contributed by atoms with Crippen molar-refractivity contribution in [1.82, 2.24) is 5.32 Å². The number of benzene rings is 1. The first-order chi connectivity index (χ1) is 9.17. The fourth-order valence-electron chi connectivity index (χ4n) is 2.83. The number of nitrogens with one attached hydrogen (secondary N) is 1. The molecule has 1 saturated carbocycles. The van der Waals surface area contributed by atoms with E-state index in [0.717, 1.165) is 24.8 Å². The molecule has 1 atom stereocenters. The molecule has 0 amide bonds. The third kappa shape index (κ3) is 4.24. The van der Waals surface area contributed by atoms with E-state index in [4.69, 9.17) is 4.74 Å². The van der Waals surface area contributed by atoms with Gasteiger partial charge < -0.3 is 10.1 Å². The molecule has 1 N–H and O–H groups in total. The van der Waals surface area contributed by atoms with Crippen LogP contribution >= 0.6 is 0 Å². The van der Waals surface area contributed by atoms with Gasteiger partial charge >= 0.3 is 0 Å². The average molecular weight is 261 g/mol. The van der Waals surface area contributed by atoms with Gasteiger partial charge in [0.1, 0.15) is 5.75 Å². The van der Waals surface area contributed by atoms with Gasteiger partial charge in [0.05, 0.1) is 7.11 Å². The molecule has 0 spiro atoms. The number of methoxy groups -OCH3 is 1. The van der Waals surface area contributed by atoms with Gasteiger partial charge in [-0.25, -0.2) is 0 Å². The van der Waals surface area contributed by atoms with E-state index in [9.17, 15) is 0 Å². The highest BCUT2D eigenvalue weighted by Gasteiger charge is 2.28. The van der Waals surface area contributed by atoms with Crippen LogP contribution in [0.25, 0.3) is 0 Å². The van der Waals surface area contributed by atoms with Crippen molar-refractivity contribution in [2.24, 2.45) is 5.41 Å². The van der Waals surface area contributed by atoms with E-state index < -0.39 is 0 Å². The van der Waals surface area contributed by atoms with E-state index in [-0.39, 0.29) is 0 Å². The minimum atomic E-state index is 0.325. The molecule has 1 aliphatic carbocycles. The maximum absolute atomic E-state index is 5.49. The largest absolute Gasteiger partial charge is 0.496 e. The Kier molecular flexibility index (Phi) is 4.87. The summed E-state index contributed by atoms with van der Waals surface area (Å²) >= 11 is 0. The SMILES string of the molecule is CCCC(C)(CNC1CC1)Cc1ccccc1OC. The third-order valence-electron chi connectivity index (χ3n) is 4.06.